The van der Waals surface area contributed by atoms with Crippen molar-refractivity contribution in [3.63, 3.8) is 0 Å². The largest absolute Gasteiger partial charge is 0.496 e. The minimum Gasteiger partial charge on any atom is -0.496 e. The maximum absolute atomic E-state index is 13.9. The minimum absolute atomic E-state index is 0.0451. The Labute approximate surface area is 196 Å². The molecule has 0 aliphatic rings. The second-order valence-electron chi connectivity index (χ2n) is 7.30. The number of alkyl halides is 2. The van der Waals surface area contributed by atoms with Crippen LogP contribution in [0.2, 0.25) is 0 Å². The molecule has 0 fully saturated rings. The Morgan fingerprint density at radius 2 is 2.06 bits per heavy atom. The van der Waals surface area contributed by atoms with Crippen LogP contribution in [0.5, 0.6) is 5.75 Å². The first-order chi connectivity index (χ1) is 15.8. The molecule has 11 heteroatoms. The Hall–Kier alpha value is -3.34. The van der Waals surface area contributed by atoms with Crippen LogP contribution >= 0.6 is 15.9 Å². The van der Waals surface area contributed by atoms with Crippen molar-refractivity contribution in [1.29, 1.82) is 0 Å². The van der Waals surface area contributed by atoms with Crippen LogP contribution in [-0.4, -0.2) is 49.3 Å². The first kappa shape index (κ1) is 22.8. The molecule has 0 bridgehead atoms. The van der Waals surface area contributed by atoms with Gasteiger partial charge in [0.1, 0.15) is 17.0 Å². The molecule has 3 heterocycles. The summed E-state index contributed by atoms with van der Waals surface area (Å²) in [4.78, 5) is 19.2. The number of hydrogen-bond acceptors (Lipinski definition) is 5. The van der Waals surface area contributed by atoms with E-state index < -0.39 is 12.3 Å². The number of aromatic nitrogens is 5. The minimum atomic E-state index is -2.82. The summed E-state index contributed by atoms with van der Waals surface area (Å²) < 4.78 is 36.7. The number of halogens is 3. The zero-order chi connectivity index (χ0) is 23.7. The number of methoxy groups -OCH3 is 1. The van der Waals surface area contributed by atoms with Crippen LogP contribution in [0, 0.1) is 0 Å². The molecule has 0 saturated heterocycles. The van der Waals surface area contributed by atoms with Gasteiger partial charge < -0.3 is 9.64 Å². The van der Waals surface area contributed by atoms with Gasteiger partial charge in [0, 0.05) is 25.4 Å². The molecule has 0 atom stereocenters. The Bertz CT molecular complexity index is 1320. The summed E-state index contributed by atoms with van der Waals surface area (Å²) >= 11 is 3.45. The predicted molar refractivity (Wildman–Crippen MR) is 121 cm³/mol. The van der Waals surface area contributed by atoms with Gasteiger partial charge in [-0.2, -0.15) is 10.2 Å². The SMILES string of the molecule is CCn1cc(Br)c(CN(C)C(=O)c2cnn3c(C(F)F)cc(-c4ccccc4OC)nc23)n1. The fraction of sp³-hybridized carbons (Fsp3) is 0.273. The monoisotopic (exact) mass is 518 g/mol. The molecule has 0 radical (unpaired) electrons. The number of benzene rings is 1. The molecule has 0 spiro atoms. The second-order valence-corrected chi connectivity index (χ2v) is 8.16. The van der Waals surface area contributed by atoms with Gasteiger partial charge in [0.15, 0.2) is 5.65 Å². The zero-order valence-electron chi connectivity index (χ0n) is 18.2. The highest BCUT2D eigenvalue weighted by Crippen LogP contribution is 2.32. The Balaban J connectivity index is 1.77. The summed E-state index contributed by atoms with van der Waals surface area (Å²) in [7, 11) is 3.10. The van der Waals surface area contributed by atoms with Crippen molar-refractivity contribution < 1.29 is 18.3 Å². The Morgan fingerprint density at radius 1 is 1.30 bits per heavy atom. The number of para-hydroxylation sites is 1. The number of fused-ring (bicyclic) bond motifs is 1. The number of nitrogens with zero attached hydrogens (tertiary/aromatic N) is 6. The molecule has 1 aromatic carbocycles. The number of carbonyl (C=O) groups is 1. The summed E-state index contributed by atoms with van der Waals surface area (Å²) in [6.45, 7) is 2.87. The van der Waals surface area contributed by atoms with Crippen LogP contribution in [0.25, 0.3) is 16.9 Å². The van der Waals surface area contributed by atoms with Gasteiger partial charge in [0.2, 0.25) is 0 Å². The van der Waals surface area contributed by atoms with E-state index in [2.05, 4.69) is 31.1 Å². The third kappa shape index (κ3) is 4.32. The van der Waals surface area contributed by atoms with Gasteiger partial charge in [-0.15, -0.1) is 0 Å². The summed E-state index contributed by atoms with van der Waals surface area (Å²) in [6, 6.07) is 8.23. The standard InChI is InChI=1S/C22H21BrF2N6O2/c1-4-30-11-15(23)17(28-30)12-29(2)22(32)14-10-26-31-18(20(24)25)9-16(27-21(14)31)13-7-5-6-8-19(13)33-3/h5-11,20H,4,12H2,1-3H3. The lowest BCUT2D eigenvalue weighted by atomic mass is 10.1. The van der Waals surface area contributed by atoms with Crippen LogP contribution in [0.4, 0.5) is 8.78 Å². The van der Waals surface area contributed by atoms with Gasteiger partial charge in [0.05, 0.1) is 35.7 Å². The predicted octanol–water partition coefficient (Wildman–Crippen LogP) is 4.59. The first-order valence-corrected chi connectivity index (χ1v) is 10.9. The van der Waals surface area contributed by atoms with Crippen molar-refractivity contribution in [3.05, 3.63) is 64.1 Å². The molecule has 0 N–H and O–H groups in total. The third-order valence-electron chi connectivity index (χ3n) is 5.18. The second kappa shape index (κ2) is 9.26. The molecule has 8 nitrogen and oxygen atoms in total. The quantitative estimate of drug-likeness (QED) is 0.357. The molecule has 33 heavy (non-hydrogen) atoms. The van der Waals surface area contributed by atoms with E-state index in [1.165, 1.54) is 24.3 Å². The smallest absolute Gasteiger partial charge is 0.280 e. The molecular weight excluding hydrogens is 498 g/mol. The summed E-state index contributed by atoms with van der Waals surface area (Å²) in [5.74, 6) is 0.0725. The third-order valence-corrected chi connectivity index (χ3v) is 5.84. The molecule has 1 amide bonds. The topological polar surface area (TPSA) is 77.6 Å². The van der Waals surface area contributed by atoms with Crippen molar-refractivity contribution in [2.24, 2.45) is 0 Å². The average Bonchev–Trinajstić information content (AvgIpc) is 3.40. The van der Waals surface area contributed by atoms with Gasteiger partial charge >= 0.3 is 0 Å². The number of carbonyl (C=O) groups excluding carboxylic acids is 1. The van der Waals surface area contributed by atoms with E-state index in [1.54, 1.807) is 36.0 Å². The van der Waals surface area contributed by atoms with Crippen LogP contribution in [0.1, 0.15) is 35.1 Å². The van der Waals surface area contributed by atoms with E-state index in [9.17, 15) is 13.6 Å². The van der Waals surface area contributed by atoms with Crippen LogP contribution in [0.15, 0.2) is 47.2 Å². The van der Waals surface area contributed by atoms with Gasteiger partial charge in [-0.25, -0.2) is 18.3 Å². The number of ether oxygens (including phenoxy) is 1. The van der Waals surface area contributed by atoms with Crippen LogP contribution in [-0.2, 0) is 13.1 Å². The molecule has 0 unspecified atom stereocenters. The van der Waals surface area contributed by atoms with E-state index in [1.807, 2.05) is 13.1 Å². The molecule has 0 aliphatic carbocycles. The first-order valence-electron chi connectivity index (χ1n) is 10.1. The molecule has 3 aromatic heterocycles. The van der Waals surface area contributed by atoms with Gasteiger partial charge in [-0.3, -0.25) is 9.48 Å². The van der Waals surface area contributed by atoms with E-state index in [4.69, 9.17) is 4.74 Å². The molecule has 172 valence electrons. The number of amides is 1. The van der Waals surface area contributed by atoms with Crippen LogP contribution < -0.4 is 4.74 Å². The molecule has 0 saturated carbocycles. The lowest BCUT2D eigenvalue weighted by Gasteiger charge is -2.16. The lowest BCUT2D eigenvalue weighted by molar-refractivity contribution is 0.0784. The van der Waals surface area contributed by atoms with Crippen LogP contribution in [0.3, 0.4) is 0 Å². The highest BCUT2D eigenvalue weighted by atomic mass is 79.9. The fourth-order valence-corrected chi connectivity index (χ4v) is 3.94. The maximum atomic E-state index is 13.9. The summed E-state index contributed by atoms with van der Waals surface area (Å²) in [5, 5.41) is 8.46. The normalized spacial score (nSPS) is 11.4. The summed E-state index contributed by atoms with van der Waals surface area (Å²) in [6.07, 6.45) is 0.274. The highest BCUT2D eigenvalue weighted by molar-refractivity contribution is 9.10. The number of aryl methyl sites for hydroxylation is 1. The Morgan fingerprint density at radius 3 is 2.73 bits per heavy atom. The van der Waals surface area contributed by atoms with E-state index in [0.717, 1.165) is 8.99 Å². The van der Waals surface area contributed by atoms with E-state index in [0.29, 0.717) is 23.6 Å². The van der Waals surface area contributed by atoms with Crippen molar-refractivity contribution in [1.82, 2.24) is 29.3 Å². The van der Waals surface area contributed by atoms with Gasteiger partial charge in [-0.05, 0) is 41.1 Å². The summed E-state index contributed by atoms with van der Waals surface area (Å²) in [5.41, 5.74) is 1.27. The zero-order valence-corrected chi connectivity index (χ0v) is 19.8. The number of hydrogen-bond donors (Lipinski definition) is 0. The van der Waals surface area contributed by atoms with Crippen molar-refractivity contribution in [2.75, 3.05) is 14.2 Å². The fourth-order valence-electron chi connectivity index (χ4n) is 3.49. The Kier molecular flexibility index (Phi) is 6.41. The van der Waals surface area contributed by atoms with E-state index in [-0.39, 0.29) is 29.1 Å². The van der Waals surface area contributed by atoms with E-state index >= 15 is 0 Å². The maximum Gasteiger partial charge on any atom is 0.280 e. The van der Waals surface area contributed by atoms with Crippen molar-refractivity contribution >= 4 is 27.5 Å². The molecule has 0 aliphatic heterocycles. The average molecular weight is 519 g/mol. The molecule has 4 rings (SSSR count). The lowest BCUT2D eigenvalue weighted by Crippen LogP contribution is -2.26. The number of rotatable bonds is 7. The van der Waals surface area contributed by atoms with Gasteiger partial charge in [0.25, 0.3) is 12.3 Å². The molecular formula is C22H21BrF2N6O2. The van der Waals surface area contributed by atoms with Crippen molar-refractivity contribution in [3.8, 4) is 17.0 Å². The highest BCUT2D eigenvalue weighted by Gasteiger charge is 2.24. The molecule has 4 aromatic rings. The van der Waals surface area contributed by atoms with Crippen molar-refractivity contribution in [2.45, 2.75) is 26.4 Å². The van der Waals surface area contributed by atoms with Gasteiger partial charge in [-0.1, -0.05) is 12.1 Å².